The third-order valence-electron chi connectivity index (χ3n) is 7.10. The average molecular weight is 576 g/mol. The van der Waals surface area contributed by atoms with Gasteiger partial charge in [0.2, 0.25) is 5.91 Å². The number of ether oxygens (including phenoxy) is 2. The second-order valence-corrected chi connectivity index (χ2v) is 11.5. The first-order valence-electron chi connectivity index (χ1n) is 14.0. The monoisotopic (exact) mass is 575 g/mol. The van der Waals surface area contributed by atoms with E-state index in [0.29, 0.717) is 5.56 Å². The van der Waals surface area contributed by atoms with Crippen LogP contribution in [0.2, 0.25) is 0 Å². The summed E-state index contributed by atoms with van der Waals surface area (Å²) in [6.45, 7) is 6.27. The zero-order chi connectivity index (χ0) is 30.6. The Kier molecular flexibility index (Phi) is 9.14. The van der Waals surface area contributed by atoms with Gasteiger partial charge in [-0.3, -0.25) is 28.3 Å². The zero-order valence-electron chi connectivity index (χ0n) is 24.7. The van der Waals surface area contributed by atoms with Crippen molar-refractivity contribution in [3.05, 3.63) is 92.3 Å². The van der Waals surface area contributed by atoms with Crippen LogP contribution in [-0.4, -0.2) is 57.2 Å². The highest BCUT2D eigenvalue weighted by Gasteiger charge is 2.29. The van der Waals surface area contributed by atoms with Crippen molar-refractivity contribution in [2.24, 2.45) is 7.05 Å². The van der Waals surface area contributed by atoms with Crippen molar-refractivity contribution in [2.75, 3.05) is 19.7 Å². The molecule has 222 valence electrons. The minimum absolute atomic E-state index is 0.0347. The molecule has 10 heteroatoms. The maximum Gasteiger partial charge on any atom is 0.331 e. The highest BCUT2D eigenvalue weighted by Crippen LogP contribution is 2.44. The number of rotatable bonds is 10. The summed E-state index contributed by atoms with van der Waals surface area (Å²) in [5.74, 6) is -1.60. The van der Waals surface area contributed by atoms with Gasteiger partial charge in [-0.1, -0.05) is 48.5 Å². The predicted molar refractivity (Wildman–Crippen MR) is 157 cm³/mol. The molecule has 2 aromatic carbocycles. The molecule has 10 nitrogen and oxygen atoms in total. The van der Waals surface area contributed by atoms with Gasteiger partial charge in [-0.2, -0.15) is 0 Å². The highest BCUT2D eigenvalue weighted by molar-refractivity contribution is 5.82. The van der Waals surface area contributed by atoms with Gasteiger partial charge < -0.3 is 14.4 Å². The number of esters is 2. The Hall–Kier alpha value is -4.47. The molecule has 0 bridgehead atoms. The molecule has 0 N–H and O–H groups in total. The summed E-state index contributed by atoms with van der Waals surface area (Å²) in [6, 6.07) is 16.2. The van der Waals surface area contributed by atoms with Crippen LogP contribution >= 0.6 is 0 Å². The van der Waals surface area contributed by atoms with Crippen molar-refractivity contribution in [2.45, 2.75) is 58.6 Å². The smallest absolute Gasteiger partial charge is 0.331 e. The summed E-state index contributed by atoms with van der Waals surface area (Å²) in [6.07, 6.45) is 1.60. The number of aromatic nitrogens is 2. The lowest BCUT2D eigenvalue weighted by Crippen LogP contribution is -2.45. The molecule has 1 aliphatic rings. The largest absolute Gasteiger partial charge is 0.465 e. The van der Waals surface area contributed by atoms with Gasteiger partial charge in [0.15, 0.2) is 0 Å². The summed E-state index contributed by atoms with van der Waals surface area (Å²) in [5, 5.41) is 0. The average Bonchev–Trinajstić information content (AvgIpc) is 3.25. The minimum atomic E-state index is -0.751. The summed E-state index contributed by atoms with van der Waals surface area (Å²) >= 11 is 0. The Morgan fingerprint density at radius 1 is 0.929 bits per heavy atom. The van der Waals surface area contributed by atoms with E-state index in [1.165, 1.54) is 18.1 Å². The normalized spacial score (nSPS) is 12.4. The molecule has 0 fully saturated rings. The van der Waals surface area contributed by atoms with Crippen LogP contribution in [0.1, 0.15) is 56.2 Å². The molecule has 0 aliphatic heterocycles. The molecule has 1 amide bonds. The third kappa shape index (κ3) is 7.05. The molecule has 4 rings (SSSR count). The first kappa shape index (κ1) is 30.5. The van der Waals surface area contributed by atoms with Crippen molar-refractivity contribution in [1.29, 1.82) is 0 Å². The number of amides is 1. The van der Waals surface area contributed by atoms with E-state index < -0.39 is 34.7 Å². The number of hydrogen-bond acceptors (Lipinski definition) is 7. The quantitative estimate of drug-likeness (QED) is 0.341. The fraction of sp³-hybridized carbons (Fsp3) is 0.406. The molecule has 0 atom stereocenters. The number of fused-ring (bicyclic) bond motifs is 3. The number of carbonyl (C=O) groups excluding carboxylic acids is 3. The lowest BCUT2D eigenvalue weighted by atomic mass is 9.98. The van der Waals surface area contributed by atoms with Crippen molar-refractivity contribution < 1.29 is 23.9 Å². The molecule has 3 aromatic rings. The molecule has 1 aromatic heterocycles. The van der Waals surface area contributed by atoms with Gasteiger partial charge in [0.05, 0.1) is 0 Å². The fourth-order valence-electron chi connectivity index (χ4n) is 5.17. The molecular weight excluding hydrogens is 538 g/mol. The van der Waals surface area contributed by atoms with Crippen LogP contribution in [0, 0.1) is 6.92 Å². The Balaban J connectivity index is 1.39. The van der Waals surface area contributed by atoms with Crippen molar-refractivity contribution in [1.82, 2.24) is 14.0 Å². The van der Waals surface area contributed by atoms with Gasteiger partial charge in [-0.05, 0) is 56.4 Å². The first-order chi connectivity index (χ1) is 19.9. The van der Waals surface area contributed by atoms with E-state index in [2.05, 4.69) is 12.1 Å². The van der Waals surface area contributed by atoms with E-state index in [4.69, 9.17) is 9.47 Å². The molecule has 1 heterocycles. The molecule has 1 aliphatic carbocycles. The third-order valence-corrected chi connectivity index (χ3v) is 7.10. The van der Waals surface area contributed by atoms with Gasteiger partial charge in [-0.25, -0.2) is 4.79 Å². The summed E-state index contributed by atoms with van der Waals surface area (Å²) in [5.41, 5.74) is 2.97. The molecule has 0 unspecified atom stereocenters. The van der Waals surface area contributed by atoms with Gasteiger partial charge in [-0.15, -0.1) is 0 Å². The molecular formula is C32H37N3O7. The Labute approximate surface area is 244 Å². The maximum absolute atomic E-state index is 13.2. The zero-order valence-corrected chi connectivity index (χ0v) is 24.7. The predicted octanol–water partition coefficient (Wildman–Crippen LogP) is 3.16. The molecule has 0 spiro atoms. The minimum Gasteiger partial charge on any atom is -0.465 e. The van der Waals surface area contributed by atoms with Crippen molar-refractivity contribution in [3.8, 4) is 11.1 Å². The number of carbonyl (C=O) groups is 3. The van der Waals surface area contributed by atoms with Gasteiger partial charge in [0.1, 0.15) is 25.3 Å². The van der Waals surface area contributed by atoms with E-state index in [1.54, 1.807) is 27.7 Å². The maximum atomic E-state index is 13.2. The van der Waals surface area contributed by atoms with Crippen LogP contribution in [0.3, 0.4) is 0 Å². The van der Waals surface area contributed by atoms with E-state index in [9.17, 15) is 24.0 Å². The molecule has 0 saturated heterocycles. The number of aryl methyl sites for hydroxylation is 1. The number of nitrogens with zero attached hydrogens (tertiary/aromatic N) is 3. The fourth-order valence-corrected chi connectivity index (χ4v) is 5.17. The van der Waals surface area contributed by atoms with Crippen LogP contribution < -0.4 is 11.2 Å². The lowest BCUT2D eigenvalue weighted by Gasteiger charge is -2.25. The first-order valence-corrected chi connectivity index (χ1v) is 14.0. The van der Waals surface area contributed by atoms with Gasteiger partial charge >= 0.3 is 17.6 Å². The van der Waals surface area contributed by atoms with Crippen LogP contribution in [0.25, 0.3) is 11.1 Å². The second-order valence-electron chi connectivity index (χ2n) is 11.5. The summed E-state index contributed by atoms with van der Waals surface area (Å²) in [4.78, 5) is 64.4. The van der Waals surface area contributed by atoms with Crippen molar-refractivity contribution >= 4 is 17.8 Å². The SMILES string of the molecule is Cc1cn(CC(=O)N(CCCC(=O)OCC2c3ccccc3-c3ccccc32)CC(=O)OC(C)(C)C)c(=O)n(C)c1=O. The lowest BCUT2D eigenvalue weighted by molar-refractivity contribution is -0.159. The molecule has 42 heavy (non-hydrogen) atoms. The molecule has 0 radical (unpaired) electrons. The van der Waals surface area contributed by atoms with Crippen LogP contribution in [0.15, 0.2) is 64.3 Å². The van der Waals surface area contributed by atoms with E-state index in [0.717, 1.165) is 31.4 Å². The number of hydrogen-bond donors (Lipinski definition) is 0. The summed E-state index contributed by atoms with van der Waals surface area (Å²) < 4.78 is 13.1. The van der Waals surface area contributed by atoms with Crippen LogP contribution in [0.4, 0.5) is 0 Å². The number of benzene rings is 2. The highest BCUT2D eigenvalue weighted by atomic mass is 16.6. The topological polar surface area (TPSA) is 117 Å². The summed E-state index contributed by atoms with van der Waals surface area (Å²) in [7, 11) is 1.34. The van der Waals surface area contributed by atoms with E-state index in [1.807, 2.05) is 36.4 Å². The van der Waals surface area contributed by atoms with Gasteiger partial charge in [0.25, 0.3) is 5.56 Å². The second kappa shape index (κ2) is 12.6. The standard InChI is InChI=1S/C32H37N3O7/c1-21-17-35(31(40)33(5)30(21)39)18-27(36)34(19-29(38)42-32(2,3)4)16-10-15-28(37)41-20-26-24-13-8-6-11-22(24)23-12-7-9-14-25(23)26/h6-9,11-14,17,26H,10,15-16,18-20H2,1-5H3. The van der Waals surface area contributed by atoms with Crippen molar-refractivity contribution in [3.63, 3.8) is 0 Å². The van der Waals surface area contributed by atoms with E-state index in [-0.39, 0.29) is 45.0 Å². The van der Waals surface area contributed by atoms with E-state index >= 15 is 0 Å². The van der Waals surface area contributed by atoms with Gasteiger partial charge in [0, 0.05) is 37.7 Å². The Morgan fingerprint density at radius 3 is 2.12 bits per heavy atom. The molecule has 0 saturated carbocycles. The van der Waals surface area contributed by atoms with Crippen LogP contribution in [0.5, 0.6) is 0 Å². The Morgan fingerprint density at radius 2 is 1.52 bits per heavy atom. The van der Waals surface area contributed by atoms with Crippen LogP contribution in [-0.2, 0) is 37.4 Å². The Bertz CT molecular complexity index is 1570.